The van der Waals surface area contributed by atoms with Crippen molar-refractivity contribution < 1.29 is 4.79 Å². The topological polar surface area (TPSA) is 63.5 Å². The molecule has 5 nitrogen and oxygen atoms in total. The minimum atomic E-state index is -0.523. The first kappa shape index (κ1) is 21.3. The summed E-state index contributed by atoms with van der Waals surface area (Å²) < 4.78 is 2.25. The van der Waals surface area contributed by atoms with Crippen LogP contribution in [0.25, 0.3) is 6.08 Å². The summed E-state index contributed by atoms with van der Waals surface area (Å²) in [4.78, 5) is 33.1. The average molecular weight is 472 g/mol. The lowest BCUT2D eigenvalue weighted by Crippen LogP contribution is -2.40. The predicted octanol–water partition coefficient (Wildman–Crippen LogP) is 4.24. The number of carbonyl (C=O) groups excluding carboxylic acids is 1. The van der Waals surface area contributed by atoms with E-state index in [9.17, 15) is 9.59 Å². The molecule has 7 heteroatoms. The first-order chi connectivity index (χ1) is 16.0. The fraction of sp³-hybridized carbons (Fsp3) is 0.115. The lowest BCUT2D eigenvalue weighted by molar-refractivity contribution is -0.113. The van der Waals surface area contributed by atoms with Crippen LogP contribution in [0.2, 0.25) is 0 Å². The number of rotatable bonds is 4. The number of aromatic nitrogens is 1. The van der Waals surface area contributed by atoms with Crippen molar-refractivity contribution in [3.63, 3.8) is 0 Å². The Kier molecular flexibility index (Phi) is 5.66. The van der Waals surface area contributed by atoms with E-state index in [2.05, 4.69) is 10.3 Å². The van der Waals surface area contributed by atoms with Gasteiger partial charge in [0.25, 0.3) is 11.5 Å². The van der Waals surface area contributed by atoms with E-state index in [1.54, 1.807) is 4.57 Å². The molecule has 1 amide bonds. The Balaban J connectivity index is 1.65. The average Bonchev–Trinajstić information content (AvgIpc) is 3.44. The number of amides is 1. The largest absolute Gasteiger partial charge is 0.322 e. The number of benzene rings is 2. The van der Waals surface area contributed by atoms with E-state index in [1.165, 1.54) is 22.7 Å². The van der Waals surface area contributed by atoms with Crippen LogP contribution in [0, 0.1) is 6.92 Å². The van der Waals surface area contributed by atoms with Crippen LogP contribution in [0.1, 0.15) is 29.0 Å². The first-order valence-corrected chi connectivity index (χ1v) is 12.2. The van der Waals surface area contributed by atoms with Crippen molar-refractivity contribution in [3.05, 3.63) is 119 Å². The molecule has 5 rings (SSSR count). The number of nitrogens with zero attached hydrogens (tertiary/aromatic N) is 2. The highest BCUT2D eigenvalue weighted by atomic mass is 32.1. The van der Waals surface area contributed by atoms with E-state index in [4.69, 9.17) is 0 Å². The van der Waals surface area contributed by atoms with Crippen LogP contribution in [-0.4, -0.2) is 10.5 Å². The van der Waals surface area contributed by atoms with Gasteiger partial charge in [-0.1, -0.05) is 65.4 Å². The van der Waals surface area contributed by atoms with Gasteiger partial charge in [-0.25, -0.2) is 4.99 Å². The second-order valence-corrected chi connectivity index (χ2v) is 9.82. The molecule has 33 heavy (non-hydrogen) atoms. The molecule has 1 aliphatic rings. The summed E-state index contributed by atoms with van der Waals surface area (Å²) in [6, 6.07) is 20.7. The molecule has 1 atom stereocenters. The van der Waals surface area contributed by atoms with Gasteiger partial charge in [0.15, 0.2) is 4.80 Å². The molecule has 0 radical (unpaired) electrons. The number of hydrogen-bond donors (Lipinski definition) is 1. The molecule has 0 bridgehead atoms. The third-order valence-electron chi connectivity index (χ3n) is 5.49. The maximum Gasteiger partial charge on any atom is 0.271 e. The number of hydrogen-bond acceptors (Lipinski definition) is 5. The molecule has 164 valence electrons. The zero-order valence-electron chi connectivity index (χ0n) is 18.1. The second-order valence-electron chi connectivity index (χ2n) is 7.83. The number of aryl methyl sites for hydroxylation is 1. The van der Waals surface area contributed by atoms with Crippen molar-refractivity contribution >= 4 is 40.3 Å². The number of allylic oxidation sites excluding steroid dienone is 1. The molecule has 0 saturated heterocycles. The molecule has 0 saturated carbocycles. The van der Waals surface area contributed by atoms with Crippen molar-refractivity contribution in [3.8, 4) is 0 Å². The zero-order chi connectivity index (χ0) is 22.9. The molecule has 2 aromatic carbocycles. The maximum atomic E-state index is 13.6. The Morgan fingerprint density at radius 1 is 1.03 bits per heavy atom. The normalized spacial score (nSPS) is 15.8. The van der Waals surface area contributed by atoms with Gasteiger partial charge in [-0.05, 0) is 49.1 Å². The molecule has 0 fully saturated rings. The number of nitrogens with one attached hydrogen (secondary N) is 1. The van der Waals surface area contributed by atoms with E-state index < -0.39 is 6.04 Å². The molecule has 0 aliphatic carbocycles. The van der Waals surface area contributed by atoms with Gasteiger partial charge in [-0.3, -0.25) is 14.2 Å². The highest BCUT2D eigenvalue weighted by molar-refractivity contribution is 7.10. The number of thiazole rings is 1. The summed E-state index contributed by atoms with van der Waals surface area (Å²) >= 11 is 2.88. The Hall–Kier alpha value is -3.55. The minimum absolute atomic E-state index is 0.143. The fourth-order valence-corrected chi connectivity index (χ4v) is 5.73. The molecule has 1 N–H and O–H groups in total. The molecule has 2 aromatic heterocycles. The number of carbonyl (C=O) groups is 1. The standard InChI is InChI=1S/C26H21N3O2S2/c1-16-10-12-18(13-11-16)15-21-25(31)29-23(20-9-6-14-32-20)22(17(2)27-26(29)33-21)24(30)28-19-7-4-3-5-8-19/h3-15,23H,1-2H3,(H,28,30)/b21-15-. The minimum Gasteiger partial charge on any atom is -0.322 e. The van der Waals surface area contributed by atoms with Gasteiger partial charge in [-0.2, -0.15) is 0 Å². The number of anilines is 1. The summed E-state index contributed by atoms with van der Waals surface area (Å²) in [5.41, 5.74) is 3.77. The van der Waals surface area contributed by atoms with Crippen molar-refractivity contribution in [1.29, 1.82) is 0 Å². The van der Waals surface area contributed by atoms with Crippen LogP contribution in [0.5, 0.6) is 0 Å². The highest BCUT2D eigenvalue weighted by Gasteiger charge is 2.33. The van der Waals surface area contributed by atoms with Crippen LogP contribution in [0.4, 0.5) is 5.69 Å². The quantitative estimate of drug-likeness (QED) is 0.484. The maximum absolute atomic E-state index is 13.6. The monoisotopic (exact) mass is 471 g/mol. The summed E-state index contributed by atoms with van der Waals surface area (Å²) in [5.74, 6) is -0.256. The Labute approximate surface area is 198 Å². The lowest BCUT2D eigenvalue weighted by atomic mass is 10.0. The van der Waals surface area contributed by atoms with Gasteiger partial charge in [0.2, 0.25) is 0 Å². The number of thiophene rings is 1. The van der Waals surface area contributed by atoms with Crippen LogP contribution in [0.3, 0.4) is 0 Å². The second kappa shape index (κ2) is 8.77. The lowest BCUT2D eigenvalue weighted by Gasteiger charge is -2.24. The van der Waals surface area contributed by atoms with Gasteiger partial charge < -0.3 is 5.32 Å². The van der Waals surface area contributed by atoms with Crippen molar-refractivity contribution in [2.24, 2.45) is 4.99 Å². The Bertz CT molecular complexity index is 1530. The van der Waals surface area contributed by atoms with E-state index in [0.717, 1.165) is 16.0 Å². The Morgan fingerprint density at radius 3 is 2.48 bits per heavy atom. The fourth-order valence-electron chi connectivity index (χ4n) is 3.86. The molecule has 1 unspecified atom stereocenters. The SMILES string of the molecule is CC1=C(C(=O)Nc2ccccc2)C(c2cccs2)n2c(s/c(=C\c3ccc(C)cc3)c2=O)=N1. The van der Waals surface area contributed by atoms with Gasteiger partial charge in [-0.15, -0.1) is 11.3 Å². The van der Waals surface area contributed by atoms with Gasteiger partial charge in [0.1, 0.15) is 6.04 Å². The van der Waals surface area contributed by atoms with E-state index in [1.807, 2.05) is 92.0 Å². The summed E-state index contributed by atoms with van der Waals surface area (Å²) in [6.07, 6.45) is 1.89. The zero-order valence-corrected chi connectivity index (χ0v) is 19.7. The number of para-hydroxylation sites is 1. The molecule has 4 aromatic rings. The third kappa shape index (κ3) is 4.13. The summed E-state index contributed by atoms with van der Waals surface area (Å²) in [6.45, 7) is 3.86. The van der Waals surface area contributed by atoms with Crippen LogP contribution in [0.15, 0.2) is 93.2 Å². The van der Waals surface area contributed by atoms with Gasteiger partial charge >= 0.3 is 0 Å². The number of fused-ring (bicyclic) bond motifs is 1. The molecular formula is C26H21N3O2S2. The van der Waals surface area contributed by atoms with Crippen LogP contribution in [-0.2, 0) is 4.79 Å². The molecular weight excluding hydrogens is 450 g/mol. The summed E-state index contributed by atoms with van der Waals surface area (Å²) in [7, 11) is 0. The first-order valence-electron chi connectivity index (χ1n) is 10.5. The van der Waals surface area contributed by atoms with E-state index in [-0.39, 0.29) is 11.5 Å². The molecule has 1 aliphatic heterocycles. The smallest absolute Gasteiger partial charge is 0.271 e. The van der Waals surface area contributed by atoms with Gasteiger partial charge in [0, 0.05) is 10.6 Å². The molecule has 0 spiro atoms. The van der Waals surface area contributed by atoms with Crippen molar-refractivity contribution in [1.82, 2.24) is 4.57 Å². The van der Waals surface area contributed by atoms with Crippen LogP contribution >= 0.6 is 22.7 Å². The van der Waals surface area contributed by atoms with Crippen LogP contribution < -0.4 is 20.2 Å². The predicted molar refractivity (Wildman–Crippen MR) is 134 cm³/mol. The summed E-state index contributed by atoms with van der Waals surface area (Å²) in [5, 5.41) is 4.92. The van der Waals surface area contributed by atoms with E-state index >= 15 is 0 Å². The third-order valence-corrected chi connectivity index (χ3v) is 7.39. The van der Waals surface area contributed by atoms with E-state index in [0.29, 0.717) is 26.3 Å². The highest BCUT2D eigenvalue weighted by Crippen LogP contribution is 2.33. The Morgan fingerprint density at radius 2 is 1.79 bits per heavy atom. The van der Waals surface area contributed by atoms with Gasteiger partial charge in [0.05, 0.1) is 15.8 Å². The molecule has 3 heterocycles. The van der Waals surface area contributed by atoms with Crippen molar-refractivity contribution in [2.75, 3.05) is 5.32 Å². The van der Waals surface area contributed by atoms with Crippen molar-refractivity contribution in [2.45, 2.75) is 19.9 Å².